The van der Waals surface area contributed by atoms with Gasteiger partial charge in [0.1, 0.15) is 11.5 Å². The molecule has 1 aliphatic carbocycles. The number of carboxylic acid groups (broad SMARTS) is 1. The van der Waals surface area contributed by atoms with Crippen molar-refractivity contribution in [2.45, 2.75) is 12.8 Å². The van der Waals surface area contributed by atoms with Crippen LogP contribution in [0.4, 0.5) is 0 Å². The second kappa shape index (κ2) is 6.88. The summed E-state index contributed by atoms with van der Waals surface area (Å²) in [4.78, 5) is 16.7. The highest BCUT2D eigenvalue weighted by Gasteiger charge is 2.26. The molecule has 0 aliphatic heterocycles. The monoisotopic (exact) mass is 376 g/mol. The summed E-state index contributed by atoms with van der Waals surface area (Å²) in [6.45, 7) is 0. The van der Waals surface area contributed by atoms with Crippen molar-refractivity contribution in [3.63, 3.8) is 0 Å². The Bertz CT molecular complexity index is 1110. The molecule has 2 aromatic carbocycles. The molecule has 0 saturated carbocycles. The SMILES string of the molecule is COc1cc(/C=C2\CCc3c2nc2ccccc2c3C(=O)O)cc(OC)c1[O-]. The Kier molecular flexibility index (Phi) is 4.39. The van der Waals surface area contributed by atoms with E-state index < -0.39 is 5.97 Å². The molecule has 6 heteroatoms. The van der Waals surface area contributed by atoms with Crippen LogP contribution in [0.5, 0.6) is 17.2 Å². The van der Waals surface area contributed by atoms with Gasteiger partial charge in [-0.05, 0) is 59.6 Å². The van der Waals surface area contributed by atoms with E-state index >= 15 is 0 Å². The van der Waals surface area contributed by atoms with Gasteiger partial charge in [-0.2, -0.15) is 0 Å². The fraction of sp³-hybridized carbons (Fsp3) is 0.182. The number of methoxy groups -OCH3 is 2. The van der Waals surface area contributed by atoms with Crippen LogP contribution >= 0.6 is 0 Å². The molecule has 0 spiro atoms. The average molecular weight is 376 g/mol. The number of nitrogens with zero attached hydrogens (tertiary/aromatic N) is 1. The Morgan fingerprint density at radius 3 is 2.46 bits per heavy atom. The summed E-state index contributed by atoms with van der Waals surface area (Å²) in [6, 6.07) is 10.6. The van der Waals surface area contributed by atoms with E-state index in [-0.39, 0.29) is 17.2 Å². The lowest BCUT2D eigenvalue weighted by atomic mass is 10.0. The average Bonchev–Trinajstić information content (AvgIpc) is 3.08. The highest BCUT2D eigenvalue weighted by Crippen LogP contribution is 2.40. The number of benzene rings is 2. The van der Waals surface area contributed by atoms with Crippen molar-refractivity contribution in [1.82, 2.24) is 4.98 Å². The zero-order chi connectivity index (χ0) is 19.8. The van der Waals surface area contributed by atoms with Gasteiger partial charge in [0.15, 0.2) is 0 Å². The molecule has 0 amide bonds. The lowest BCUT2D eigenvalue weighted by molar-refractivity contribution is -0.271. The molecule has 1 aromatic heterocycles. The third-order valence-electron chi connectivity index (χ3n) is 4.98. The van der Waals surface area contributed by atoms with Crippen molar-refractivity contribution in [3.8, 4) is 17.2 Å². The van der Waals surface area contributed by atoms with E-state index in [1.54, 1.807) is 18.2 Å². The van der Waals surface area contributed by atoms with E-state index in [2.05, 4.69) is 0 Å². The van der Waals surface area contributed by atoms with Crippen molar-refractivity contribution in [2.75, 3.05) is 14.2 Å². The first kappa shape index (κ1) is 17.9. The molecule has 4 rings (SSSR count). The summed E-state index contributed by atoms with van der Waals surface area (Å²) in [5.74, 6) is -0.865. The predicted octanol–water partition coefficient (Wildman–Crippen LogP) is 3.51. The maximum atomic E-state index is 12.1. The van der Waals surface area contributed by atoms with Gasteiger partial charge in [0.05, 0.1) is 31.0 Å². The topological polar surface area (TPSA) is 91.7 Å². The third-order valence-corrected chi connectivity index (χ3v) is 4.98. The van der Waals surface area contributed by atoms with Crippen LogP contribution < -0.4 is 14.6 Å². The van der Waals surface area contributed by atoms with Gasteiger partial charge in [-0.3, -0.25) is 0 Å². The number of carbonyl (C=O) groups is 1. The third kappa shape index (κ3) is 2.83. The van der Waals surface area contributed by atoms with Crippen LogP contribution in [0.25, 0.3) is 22.6 Å². The Labute approximate surface area is 161 Å². The van der Waals surface area contributed by atoms with Gasteiger partial charge in [0.25, 0.3) is 0 Å². The van der Waals surface area contributed by atoms with Crippen LogP contribution in [0.3, 0.4) is 0 Å². The quantitative estimate of drug-likeness (QED) is 0.749. The molecule has 1 N–H and O–H groups in total. The number of aromatic nitrogens is 1. The number of hydrogen-bond acceptors (Lipinski definition) is 5. The van der Waals surface area contributed by atoms with Gasteiger partial charge in [0, 0.05) is 5.39 Å². The molecule has 1 heterocycles. The van der Waals surface area contributed by atoms with Crippen LogP contribution in [0.1, 0.15) is 33.6 Å². The molecule has 0 radical (unpaired) electrons. The molecule has 0 unspecified atom stereocenters. The molecule has 0 fully saturated rings. The number of ether oxygens (including phenoxy) is 2. The van der Waals surface area contributed by atoms with Crippen molar-refractivity contribution < 1.29 is 24.5 Å². The zero-order valence-corrected chi connectivity index (χ0v) is 15.5. The van der Waals surface area contributed by atoms with Gasteiger partial charge < -0.3 is 19.7 Å². The molecule has 0 atom stereocenters. The lowest BCUT2D eigenvalue weighted by Gasteiger charge is -2.17. The molecule has 0 bridgehead atoms. The van der Waals surface area contributed by atoms with Crippen LogP contribution in [-0.4, -0.2) is 30.3 Å². The van der Waals surface area contributed by atoms with Gasteiger partial charge in [-0.15, -0.1) is 0 Å². The zero-order valence-electron chi connectivity index (χ0n) is 15.5. The number of carboxylic acids is 1. The number of fused-ring (bicyclic) bond motifs is 2. The summed E-state index contributed by atoms with van der Waals surface area (Å²) >= 11 is 0. The van der Waals surface area contributed by atoms with Crippen LogP contribution in [-0.2, 0) is 6.42 Å². The van der Waals surface area contributed by atoms with Crippen molar-refractivity contribution in [3.05, 3.63) is 58.8 Å². The molecule has 1 aliphatic rings. The largest absolute Gasteiger partial charge is 0.867 e. The molecule has 142 valence electrons. The number of para-hydroxylation sites is 1. The highest BCUT2D eigenvalue weighted by molar-refractivity contribution is 6.06. The molecular formula is C22H18NO5-. The smallest absolute Gasteiger partial charge is 0.336 e. The van der Waals surface area contributed by atoms with E-state index in [9.17, 15) is 15.0 Å². The number of allylic oxidation sites excluding steroid dienone is 1. The van der Waals surface area contributed by atoms with Crippen molar-refractivity contribution >= 4 is 28.5 Å². The van der Waals surface area contributed by atoms with E-state index in [1.165, 1.54) is 14.2 Å². The van der Waals surface area contributed by atoms with Crippen molar-refractivity contribution in [1.29, 1.82) is 0 Å². The summed E-state index contributed by atoms with van der Waals surface area (Å²) in [5.41, 5.74) is 4.07. The number of rotatable bonds is 4. The van der Waals surface area contributed by atoms with E-state index in [0.717, 1.165) is 16.7 Å². The standard InChI is InChI=1S/C22H19NO5/c1-27-17-10-12(11-18(28-2)21(17)24)9-13-7-8-15-19(22(25)26)14-5-3-4-6-16(14)23-20(13)15/h3-6,9-11,24H,7-8H2,1-2H3,(H,25,26)/p-1/b13-9+. The Hall–Kier alpha value is -3.54. The van der Waals surface area contributed by atoms with Gasteiger partial charge >= 0.3 is 5.97 Å². The van der Waals surface area contributed by atoms with Crippen molar-refractivity contribution in [2.24, 2.45) is 0 Å². The Morgan fingerprint density at radius 1 is 1.14 bits per heavy atom. The van der Waals surface area contributed by atoms with E-state index in [1.807, 2.05) is 24.3 Å². The van der Waals surface area contributed by atoms with E-state index in [4.69, 9.17) is 14.5 Å². The summed E-state index contributed by atoms with van der Waals surface area (Å²) < 4.78 is 10.3. The summed E-state index contributed by atoms with van der Waals surface area (Å²) in [6.07, 6.45) is 3.18. The minimum Gasteiger partial charge on any atom is -0.867 e. The number of pyridine rings is 1. The molecule has 0 saturated heterocycles. The minimum absolute atomic E-state index is 0.196. The van der Waals surface area contributed by atoms with Crippen LogP contribution in [0, 0.1) is 0 Å². The second-order valence-electron chi connectivity index (χ2n) is 6.56. The summed E-state index contributed by atoms with van der Waals surface area (Å²) in [5, 5.41) is 22.6. The van der Waals surface area contributed by atoms with Gasteiger partial charge in [-0.25, -0.2) is 9.78 Å². The first-order valence-electron chi connectivity index (χ1n) is 8.82. The highest BCUT2D eigenvalue weighted by atomic mass is 16.5. The van der Waals surface area contributed by atoms with Crippen LogP contribution in [0.15, 0.2) is 36.4 Å². The normalized spacial score (nSPS) is 14.3. The number of aromatic carboxylic acids is 1. The maximum absolute atomic E-state index is 12.1. The first-order valence-corrected chi connectivity index (χ1v) is 8.82. The molecular weight excluding hydrogens is 358 g/mol. The van der Waals surface area contributed by atoms with Crippen LogP contribution in [0.2, 0.25) is 0 Å². The maximum Gasteiger partial charge on any atom is 0.336 e. The second-order valence-corrected chi connectivity index (χ2v) is 6.56. The molecule has 3 aromatic rings. The fourth-order valence-corrected chi connectivity index (χ4v) is 3.71. The molecule has 28 heavy (non-hydrogen) atoms. The first-order chi connectivity index (χ1) is 13.5. The Balaban J connectivity index is 1.90. The Morgan fingerprint density at radius 2 is 1.82 bits per heavy atom. The van der Waals surface area contributed by atoms with Gasteiger partial charge in [-0.1, -0.05) is 18.2 Å². The fourth-order valence-electron chi connectivity index (χ4n) is 3.71. The lowest BCUT2D eigenvalue weighted by Crippen LogP contribution is -2.05. The van der Waals surface area contributed by atoms with Gasteiger partial charge in [0.2, 0.25) is 0 Å². The predicted molar refractivity (Wildman–Crippen MR) is 104 cm³/mol. The number of hydrogen-bond donors (Lipinski definition) is 1. The minimum atomic E-state index is -0.949. The summed E-state index contributed by atoms with van der Waals surface area (Å²) in [7, 11) is 2.87. The van der Waals surface area contributed by atoms with E-state index in [0.29, 0.717) is 35.0 Å². The molecule has 6 nitrogen and oxygen atoms in total.